The van der Waals surface area contributed by atoms with Crippen LogP contribution in [0.4, 0.5) is 0 Å². The van der Waals surface area contributed by atoms with Crippen LogP contribution in [0.2, 0.25) is 0 Å². The minimum Gasteiger partial charge on any atom is -0.341 e. The molecule has 2 heterocycles. The molecule has 1 saturated heterocycles. The summed E-state index contributed by atoms with van der Waals surface area (Å²) in [5.74, 6) is 2.50. The molecule has 1 aromatic heterocycles. The van der Waals surface area contributed by atoms with Crippen LogP contribution in [-0.2, 0) is 4.79 Å². The van der Waals surface area contributed by atoms with Gasteiger partial charge in [-0.15, -0.1) is 0 Å². The van der Waals surface area contributed by atoms with Gasteiger partial charge < -0.3 is 9.42 Å². The fourth-order valence-electron chi connectivity index (χ4n) is 3.78. The van der Waals surface area contributed by atoms with E-state index in [4.69, 9.17) is 9.51 Å². The summed E-state index contributed by atoms with van der Waals surface area (Å²) in [6.45, 7) is 7.49. The third kappa shape index (κ3) is 3.75. The molecule has 23 heavy (non-hydrogen) atoms. The highest BCUT2D eigenvalue weighted by Crippen LogP contribution is 2.33. The fourth-order valence-corrected chi connectivity index (χ4v) is 3.78. The molecule has 0 aromatic carbocycles. The van der Waals surface area contributed by atoms with Crippen molar-refractivity contribution in [3.63, 3.8) is 0 Å². The summed E-state index contributed by atoms with van der Waals surface area (Å²) in [6, 6.07) is 0. The molecule has 1 amide bonds. The fraction of sp³-hybridized carbons (Fsp3) is 0.833. The van der Waals surface area contributed by atoms with E-state index >= 15 is 0 Å². The molecule has 5 nitrogen and oxygen atoms in total. The summed E-state index contributed by atoms with van der Waals surface area (Å²) in [4.78, 5) is 19.2. The number of nitrogens with zero attached hydrogens (tertiary/aromatic N) is 3. The highest BCUT2D eigenvalue weighted by atomic mass is 16.5. The quantitative estimate of drug-likeness (QED) is 0.830. The maximum atomic E-state index is 12.5. The standard InChI is InChI=1S/C18H29N3O2/c1-18(2,3)17(22)21-11-7-10-14(12-21)16-19-15(20-23-16)13-8-5-4-6-9-13/h13-14H,4-12H2,1-3H3/t14-/m1/s1. The summed E-state index contributed by atoms with van der Waals surface area (Å²) in [6.07, 6.45) is 8.26. The van der Waals surface area contributed by atoms with Gasteiger partial charge in [-0.1, -0.05) is 45.2 Å². The predicted octanol–water partition coefficient (Wildman–Crippen LogP) is 3.87. The monoisotopic (exact) mass is 319 g/mol. The van der Waals surface area contributed by atoms with Gasteiger partial charge >= 0.3 is 0 Å². The van der Waals surface area contributed by atoms with Crippen molar-refractivity contribution in [3.8, 4) is 0 Å². The Morgan fingerprint density at radius 1 is 1.09 bits per heavy atom. The highest BCUT2D eigenvalue weighted by Gasteiger charge is 2.34. The van der Waals surface area contributed by atoms with Crippen LogP contribution >= 0.6 is 0 Å². The third-order valence-electron chi connectivity index (χ3n) is 5.13. The van der Waals surface area contributed by atoms with Gasteiger partial charge in [-0.05, 0) is 25.7 Å². The van der Waals surface area contributed by atoms with E-state index in [0.29, 0.717) is 12.5 Å². The van der Waals surface area contributed by atoms with E-state index in [-0.39, 0.29) is 17.2 Å². The van der Waals surface area contributed by atoms with Gasteiger partial charge in [0.25, 0.3) is 0 Å². The minimum absolute atomic E-state index is 0.194. The Balaban J connectivity index is 1.67. The molecule has 0 bridgehead atoms. The lowest BCUT2D eigenvalue weighted by molar-refractivity contribution is -0.140. The van der Waals surface area contributed by atoms with Crippen LogP contribution in [0, 0.1) is 5.41 Å². The van der Waals surface area contributed by atoms with E-state index in [9.17, 15) is 4.79 Å². The Kier molecular flexibility index (Phi) is 4.74. The summed E-state index contributed by atoms with van der Waals surface area (Å²) in [5, 5.41) is 4.24. The van der Waals surface area contributed by atoms with E-state index in [0.717, 1.165) is 31.1 Å². The number of carbonyl (C=O) groups is 1. The first kappa shape index (κ1) is 16.5. The summed E-state index contributed by atoms with van der Waals surface area (Å²) in [5.41, 5.74) is -0.329. The van der Waals surface area contributed by atoms with Gasteiger partial charge in [0.15, 0.2) is 5.82 Å². The zero-order chi connectivity index (χ0) is 16.4. The van der Waals surface area contributed by atoms with Crippen LogP contribution in [0.3, 0.4) is 0 Å². The van der Waals surface area contributed by atoms with Gasteiger partial charge in [-0.25, -0.2) is 0 Å². The number of rotatable bonds is 2. The Bertz CT molecular complexity index is 541. The average molecular weight is 319 g/mol. The predicted molar refractivity (Wildman–Crippen MR) is 88.1 cm³/mol. The molecule has 2 aliphatic rings. The summed E-state index contributed by atoms with van der Waals surface area (Å²) in [7, 11) is 0. The maximum absolute atomic E-state index is 12.5. The largest absolute Gasteiger partial charge is 0.341 e. The molecule has 1 atom stereocenters. The lowest BCUT2D eigenvalue weighted by Crippen LogP contribution is -2.44. The number of hydrogen-bond donors (Lipinski definition) is 0. The number of piperidine rings is 1. The molecule has 0 N–H and O–H groups in total. The summed E-state index contributed by atoms with van der Waals surface area (Å²) >= 11 is 0. The van der Waals surface area contributed by atoms with Gasteiger partial charge in [-0.2, -0.15) is 4.98 Å². The number of aromatic nitrogens is 2. The normalized spacial score (nSPS) is 24.0. The van der Waals surface area contributed by atoms with Gasteiger partial charge in [0, 0.05) is 24.4 Å². The van der Waals surface area contributed by atoms with Crippen molar-refractivity contribution in [2.45, 2.75) is 77.6 Å². The zero-order valence-electron chi connectivity index (χ0n) is 14.7. The lowest BCUT2D eigenvalue weighted by atomic mass is 9.89. The van der Waals surface area contributed by atoms with Gasteiger partial charge in [-0.3, -0.25) is 4.79 Å². The number of likely N-dealkylation sites (tertiary alicyclic amines) is 1. The average Bonchev–Trinajstić information content (AvgIpc) is 3.04. The van der Waals surface area contributed by atoms with Crippen LogP contribution in [0.5, 0.6) is 0 Å². The first-order valence-electron chi connectivity index (χ1n) is 9.08. The molecule has 1 aliphatic carbocycles. The smallest absolute Gasteiger partial charge is 0.231 e. The molecule has 0 unspecified atom stereocenters. The Morgan fingerprint density at radius 2 is 1.78 bits per heavy atom. The van der Waals surface area contributed by atoms with E-state index in [2.05, 4.69) is 5.16 Å². The first-order chi connectivity index (χ1) is 10.9. The SMILES string of the molecule is CC(C)(C)C(=O)N1CCC[C@@H](c2nc(C3CCCCC3)no2)C1. The van der Waals surface area contributed by atoms with Gasteiger partial charge in [0.1, 0.15) is 0 Å². The molecule has 128 valence electrons. The van der Waals surface area contributed by atoms with Crippen molar-refractivity contribution in [2.75, 3.05) is 13.1 Å². The Labute approximate surface area is 138 Å². The minimum atomic E-state index is -0.329. The zero-order valence-corrected chi connectivity index (χ0v) is 14.7. The second-order valence-corrected chi connectivity index (χ2v) is 8.17. The molecule has 1 aliphatic heterocycles. The molecule has 0 spiro atoms. The van der Waals surface area contributed by atoms with Crippen molar-refractivity contribution < 1.29 is 9.32 Å². The van der Waals surface area contributed by atoms with Crippen molar-refractivity contribution in [1.82, 2.24) is 15.0 Å². The highest BCUT2D eigenvalue weighted by molar-refractivity contribution is 5.81. The van der Waals surface area contributed by atoms with Crippen molar-refractivity contribution in [2.24, 2.45) is 5.41 Å². The number of carbonyl (C=O) groups excluding carboxylic acids is 1. The second kappa shape index (κ2) is 6.62. The Hall–Kier alpha value is -1.39. The molecule has 0 radical (unpaired) electrons. The number of amides is 1. The van der Waals surface area contributed by atoms with Crippen molar-refractivity contribution in [1.29, 1.82) is 0 Å². The van der Waals surface area contributed by atoms with Crippen LogP contribution in [0.1, 0.15) is 89.3 Å². The summed E-state index contributed by atoms with van der Waals surface area (Å²) < 4.78 is 5.57. The van der Waals surface area contributed by atoms with Crippen LogP contribution < -0.4 is 0 Å². The van der Waals surface area contributed by atoms with Crippen molar-refractivity contribution >= 4 is 5.91 Å². The lowest BCUT2D eigenvalue weighted by Gasteiger charge is -2.35. The molecule has 5 heteroatoms. The van der Waals surface area contributed by atoms with Gasteiger partial charge in [0.2, 0.25) is 11.8 Å². The molecule has 2 fully saturated rings. The topological polar surface area (TPSA) is 59.2 Å². The van der Waals surface area contributed by atoms with Crippen LogP contribution in [-0.4, -0.2) is 34.0 Å². The third-order valence-corrected chi connectivity index (χ3v) is 5.13. The maximum Gasteiger partial charge on any atom is 0.231 e. The molecular weight excluding hydrogens is 290 g/mol. The van der Waals surface area contributed by atoms with Crippen LogP contribution in [0.15, 0.2) is 4.52 Å². The molecule has 1 saturated carbocycles. The van der Waals surface area contributed by atoms with E-state index in [1.54, 1.807) is 0 Å². The van der Waals surface area contributed by atoms with E-state index in [1.165, 1.54) is 32.1 Å². The van der Waals surface area contributed by atoms with E-state index in [1.807, 2.05) is 25.7 Å². The first-order valence-corrected chi connectivity index (χ1v) is 9.08. The van der Waals surface area contributed by atoms with Crippen molar-refractivity contribution in [3.05, 3.63) is 11.7 Å². The van der Waals surface area contributed by atoms with Crippen LogP contribution in [0.25, 0.3) is 0 Å². The number of hydrogen-bond acceptors (Lipinski definition) is 4. The van der Waals surface area contributed by atoms with E-state index < -0.39 is 0 Å². The molecular formula is C18H29N3O2. The molecule has 1 aromatic rings. The second-order valence-electron chi connectivity index (χ2n) is 8.17. The van der Waals surface area contributed by atoms with Gasteiger partial charge in [0.05, 0.1) is 5.92 Å². The molecule has 3 rings (SSSR count). The Morgan fingerprint density at radius 3 is 2.48 bits per heavy atom.